The standard InChI is InChI=1S/C16H18F4N4.C16H18F2N4O/c1-10-4-7-24(23-10)14-9-11(15(17)18)8-13(22-14)21-12-2-5-16(19,20)6-3-12;1-11-4-7-22(21-11)15-9-12(10-23)8-14(20-15)19-13-2-5-16(17,18)6-3-13/h4,7-9,12,15H,2-3,5-6H2,1H3,(H,21,22);4,7-10,13H,2-3,5-6H2,1H3,(H,19,20). The van der Waals surface area contributed by atoms with Crippen LogP contribution in [-0.2, 0) is 0 Å². The van der Waals surface area contributed by atoms with Gasteiger partial charge in [0.1, 0.15) is 17.9 Å². The zero-order valence-electron chi connectivity index (χ0n) is 25.9. The molecule has 0 aromatic carbocycles. The number of nitrogens with one attached hydrogen (secondary N) is 2. The number of hydrogen-bond donors (Lipinski definition) is 2. The minimum absolute atomic E-state index is 0.0590. The van der Waals surface area contributed by atoms with Gasteiger partial charge in [0.25, 0.3) is 6.43 Å². The van der Waals surface area contributed by atoms with Gasteiger partial charge in [-0.2, -0.15) is 10.2 Å². The molecule has 2 saturated carbocycles. The number of pyridine rings is 2. The molecule has 0 unspecified atom stereocenters. The van der Waals surface area contributed by atoms with Crippen LogP contribution < -0.4 is 10.6 Å². The summed E-state index contributed by atoms with van der Waals surface area (Å²) in [5.41, 5.74) is 1.86. The largest absolute Gasteiger partial charge is 0.367 e. The van der Waals surface area contributed by atoms with Crippen LogP contribution in [0.5, 0.6) is 0 Å². The summed E-state index contributed by atoms with van der Waals surface area (Å²) >= 11 is 0. The van der Waals surface area contributed by atoms with E-state index in [0.717, 1.165) is 17.7 Å². The van der Waals surface area contributed by atoms with Crippen molar-refractivity contribution >= 4 is 17.9 Å². The molecule has 0 aliphatic heterocycles. The molecule has 4 heterocycles. The average molecular weight is 663 g/mol. The van der Waals surface area contributed by atoms with Gasteiger partial charge >= 0.3 is 0 Å². The lowest BCUT2D eigenvalue weighted by atomic mass is 9.92. The molecular weight excluding hydrogens is 626 g/mol. The molecule has 4 aromatic rings. The summed E-state index contributed by atoms with van der Waals surface area (Å²) in [5.74, 6) is -3.64. The predicted octanol–water partition coefficient (Wildman–Crippen LogP) is 7.88. The Morgan fingerprint density at radius 1 is 0.745 bits per heavy atom. The van der Waals surface area contributed by atoms with Crippen LogP contribution in [0.3, 0.4) is 0 Å². The molecule has 0 bridgehead atoms. The quantitative estimate of drug-likeness (QED) is 0.146. The first-order valence-corrected chi connectivity index (χ1v) is 15.4. The summed E-state index contributed by atoms with van der Waals surface area (Å²) < 4.78 is 82.2. The molecule has 47 heavy (non-hydrogen) atoms. The normalized spacial score (nSPS) is 18.0. The Labute approximate surface area is 267 Å². The van der Waals surface area contributed by atoms with Crippen LogP contribution in [0.25, 0.3) is 11.6 Å². The van der Waals surface area contributed by atoms with E-state index in [2.05, 4.69) is 30.8 Å². The molecule has 0 amide bonds. The van der Waals surface area contributed by atoms with Gasteiger partial charge < -0.3 is 10.6 Å². The lowest BCUT2D eigenvalue weighted by Crippen LogP contribution is -2.32. The smallest absolute Gasteiger partial charge is 0.264 e. The Hall–Kier alpha value is -4.43. The van der Waals surface area contributed by atoms with Crippen LogP contribution in [0.15, 0.2) is 48.8 Å². The lowest BCUT2D eigenvalue weighted by molar-refractivity contribution is -0.0366. The molecule has 0 saturated heterocycles. The monoisotopic (exact) mass is 662 g/mol. The summed E-state index contributed by atoms with van der Waals surface area (Å²) in [6.45, 7) is 3.65. The van der Waals surface area contributed by atoms with Crippen molar-refractivity contribution in [3.8, 4) is 11.6 Å². The Morgan fingerprint density at radius 2 is 1.19 bits per heavy atom. The maximum atomic E-state index is 13.2. The van der Waals surface area contributed by atoms with Crippen molar-refractivity contribution in [3.63, 3.8) is 0 Å². The Balaban J connectivity index is 0.000000185. The maximum Gasteiger partial charge on any atom is 0.264 e. The molecule has 4 aromatic heterocycles. The molecule has 2 N–H and O–H groups in total. The Bertz CT molecular complexity index is 1650. The lowest BCUT2D eigenvalue weighted by Gasteiger charge is -2.29. The summed E-state index contributed by atoms with van der Waals surface area (Å²) in [6.07, 6.45) is 2.16. The minimum Gasteiger partial charge on any atom is -0.367 e. The van der Waals surface area contributed by atoms with Crippen LogP contribution in [0.4, 0.5) is 38.0 Å². The van der Waals surface area contributed by atoms with E-state index in [1.807, 2.05) is 13.0 Å². The fourth-order valence-corrected chi connectivity index (χ4v) is 5.52. The van der Waals surface area contributed by atoms with Crippen molar-refractivity contribution in [2.45, 2.75) is 95.6 Å². The molecule has 2 fully saturated rings. The van der Waals surface area contributed by atoms with Crippen molar-refractivity contribution < 1.29 is 31.1 Å². The van der Waals surface area contributed by atoms with Crippen molar-refractivity contribution in [3.05, 3.63) is 71.3 Å². The maximum absolute atomic E-state index is 13.2. The van der Waals surface area contributed by atoms with Gasteiger partial charge in [-0.25, -0.2) is 45.7 Å². The number of alkyl halides is 6. The average Bonchev–Trinajstić information content (AvgIpc) is 3.67. The molecule has 252 valence electrons. The number of carbonyl (C=O) groups excluding carboxylic acids is 1. The van der Waals surface area contributed by atoms with Crippen molar-refractivity contribution in [1.29, 1.82) is 0 Å². The fourth-order valence-electron chi connectivity index (χ4n) is 5.52. The number of carbonyl (C=O) groups is 1. The number of hydrogen-bond acceptors (Lipinski definition) is 7. The van der Waals surface area contributed by atoms with E-state index in [0.29, 0.717) is 30.0 Å². The number of halogens is 6. The van der Waals surface area contributed by atoms with E-state index in [9.17, 15) is 31.1 Å². The molecule has 0 atom stereocenters. The van der Waals surface area contributed by atoms with Gasteiger partial charge in [-0.05, 0) is 75.9 Å². The molecule has 6 rings (SSSR count). The topological polar surface area (TPSA) is 103 Å². The zero-order chi connectivity index (χ0) is 33.8. The number of aryl methyl sites for hydroxylation is 2. The first kappa shape index (κ1) is 33.9. The van der Waals surface area contributed by atoms with Crippen molar-refractivity contribution in [2.24, 2.45) is 0 Å². The first-order valence-electron chi connectivity index (χ1n) is 15.4. The van der Waals surface area contributed by atoms with Crippen LogP contribution >= 0.6 is 0 Å². The summed E-state index contributed by atoms with van der Waals surface area (Å²) in [7, 11) is 0. The number of anilines is 2. The first-order chi connectivity index (χ1) is 22.3. The second-order valence-electron chi connectivity index (χ2n) is 12.1. The Kier molecular flexibility index (Phi) is 10.2. The minimum atomic E-state index is -2.65. The van der Waals surface area contributed by atoms with E-state index in [-0.39, 0.29) is 67.8 Å². The fraction of sp³-hybridized carbons (Fsp3) is 0.469. The van der Waals surface area contributed by atoms with Gasteiger partial charge in [0.2, 0.25) is 11.8 Å². The molecule has 2 aliphatic carbocycles. The third-order valence-electron chi connectivity index (χ3n) is 8.11. The summed E-state index contributed by atoms with van der Waals surface area (Å²) in [4.78, 5) is 19.9. The van der Waals surface area contributed by atoms with Gasteiger partial charge in [0.15, 0.2) is 11.6 Å². The highest BCUT2D eigenvalue weighted by Crippen LogP contribution is 2.35. The van der Waals surface area contributed by atoms with Gasteiger partial charge in [-0.1, -0.05) is 0 Å². The number of aromatic nitrogens is 6. The SMILES string of the molecule is Cc1ccn(-c2cc(C(F)F)cc(NC3CCC(F)(F)CC3)n2)n1.Cc1ccn(-c2cc(C=O)cc(NC3CCC(F)(F)CC3)n2)n1. The van der Waals surface area contributed by atoms with Crippen LogP contribution in [0, 0.1) is 13.8 Å². The van der Waals surface area contributed by atoms with E-state index in [4.69, 9.17) is 0 Å². The number of aldehydes is 1. The Morgan fingerprint density at radius 3 is 1.60 bits per heavy atom. The zero-order valence-corrected chi connectivity index (χ0v) is 25.9. The number of nitrogens with zero attached hydrogens (tertiary/aromatic N) is 6. The molecular formula is C32H36F6N8O. The number of rotatable bonds is 8. The van der Waals surface area contributed by atoms with Crippen LogP contribution in [0.1, 0.15) is 85.1 Å². The molecule has 15 heteroatoms. The second kappa shape index (κ2) is 14.1. The van der Waals surface area contributed by atoms with Gasteiger partial charge in [-0.3, -0.25) is 4.79 Å². The van der Waals surface area contributed by atoms with E-state index >= 15 is 0 Å². The predicted molar refractivity (Wildman–Crippen MR) is 164 cm³/mol. The van der Waals surface area contributed by atoms with Gasteiger partial charge in [-0.15, -0.1) is 0 Å². The molecule has 0 radical (unpaired) electrons. The van der Waals surface area contributed by atoms with Crippen LogP contribution in [-0.4, -0.2) is 59.7 Å². The second-order valence-corrected chi connectivity index (χ2v) is 12.1. The van der Waals surface area contributed by atoms with E-state index < -0.39 is 18.3 Å². The third kappa shape index (κ3) is 9.32. The van der Waals surface area contributed by atoms with E-state index in [1.54, 1.807) is 42.2 Å². The van der Waals surface area contributed by atoms with Crippen LogP contribution in [0.2, 0.25) is 0 Å². The third-order valence-corrected chi connectivity index (χ3v) is 8.11. The summed E-state index contributed by atoms with van der Waals surface area (Å²) in [5, 5.41) is 14.6. The van der Waals surface area contributed by atoms with Crippen molar-refractivity contribution in [2.75, 3.05) is 10.6 Å². The highest BCUT2D eigenvalue weighted by molar-refractivity contribution is 5.77. The van der Waals surface area contributed by atoms with Crippen molar-refractivity contribution in [1.82, 2.24) is 29.5 Å². The summed E-state index contributed by atoms with van der Waals surface area (Å²) in [6, 6.07) is 9.13. The molecule has 2 aliphatic rings. The molecule has 0 spiro atoms. The highest BCUT2D eigenvalue weighted by atomic mass is 19.3. The highest BCUT2D eigenvalue weighted by Gasteiger charge is 2.36. The van der Waals surface area contributed by atoms with E-state index in [1.165, 1.54) is 16.8 Å². The van der Waals surface area contributed by atoms with Gasteiger partial charge in [0.05, 0.1) is 11.4 Å². The molecule has 9 nitrogen and oxygen atoms in total. The van der Waals surface area contributed by atoms with Gasteiger partial charge in [0, 0.05) is 61.3 Å².